The van der Waals surface area contributed by atoms with E-state index in [1.54, 1.807) is 0 Å². The van der Waals surface area contributed by atoms with E-state index in [1.807, 2.05) is 0 Å². The van der Waals surface area contributed by atoms with Gasteiger partial charge in [-0.05, 0) is 104 Å². The monoisotopic (exact) mass is 402 g/mol. The van der Waals surface area contributed by atoms with E-state index >= 15 is 0 Å². The van der Waals surface area contributed by atoms with E-state index in [1.165, 1.54) is 70.6 Å². The summed E-state index contributed by atoms with van der Waals surface area (Å²) in [6, 6.07) is 0. The van der Waals surface area contributed by atoms with Gasteiger partial charge in [0.2, 0.25) is 0 Å². The van der Waals surface area contributed by atoms with Crippen molar-refractivity contribution in [3.05, 3.63) is 0 Å². The van der Waals surface area contributed by atoms with Crippen LogP contribution in [0.5, 0.6) is 0 Å². The third-order valence-electron chi connectivity index (χ3n) is 11.4. The van der Waals surface area contributed by atoms with E-state index in [0.29, 0.717) is 10.8 Å². The van der Waals surface area contributed by atoms with E-state index in [4.69, 9.17) is 0 Å². The van der Waals surface area contributed by atoms with Crippen LogP contribution in [0.3, 0.4) is 0 Å². The fraction of sp³-hybridized carbons (Fsp3) is 1.00. The average molecular weight is 403 g/mol. The van der Waals surface area contributed by atoms with Crippen LogP contribution in [0.2, 0.25) is 0 Å². The van der Waals surface area contributed by atoms with Crippen molar-refractivity contribution in [1.82, 2.24) is 0 Å². The molecule has 1 nitrogen and oxygen atoms in total. The Morgan fingerprint density at radius 3 is 2.31 bits per heavy atom. The average Bonchev–Trinajstić information content (AvgIpc) is 3.05. The molecule has 4 saturated carbocycles. The lowest BCUT2D eigenvalue weighted by molar-refractivity contribution is -0.152. The summed E-state index contributed by atoms with van der Waals surface area (Å²) in [6.45, 7) is 12.7. The first-order chi connectivity index (χ1) is 13.8. The Balaban J connectivity index is 1.54. The Morgan fingerprint density at radius 1 is 0.862 bits per heavy atom. The molecule has 0 aromatic heterocycles. The standard InChI is InChI=1S/C28H50O/c1-6-8-9-10-19(3)23-11-12-24-22-17-20(7-2)26-18-21(29)13-15-28(26,5)25(22)14-16-27(23,24)4/h19-26,29H,6-18H2,1-5H3/t19-,20+,21-,22+,23-,24+,25+,26?,27-,28-/m1/s1. The molecule has 168 valence electrons. The zero-order valence-corrected chi connectivity index (χ0v) is 20.3. The summed E-state index contributed by atoms with van der Waals surface area (Å²) in [4.78, 5) is 0. The number of hydrogen-bond donors (Lipinski definition) is 1. The first-order valence-corrected chi connectivity index (χ1v) is 13.5. The summed E-state index contributed by atoms with van der Waals surface area (Å²) in [5.41, 5.74) is 1.12. The largest absolute Gasteiger partial charge is 0.393 e. The maximum Gasteiger partial charge on any atom is 0.0543 e. The van der Waals surface area contributed by atoms with Crippen LogP contribution in [-0.4, -0.2) is 11.2 Å². The lowest BCUT2D eigenvalue weighted by Gasteiger charge is -2.63. The van der Waals surface area contributed by atoms with Gasteiger partial charge in [0.05, 0.1) is 6.10 Å². The van der Waals surface area contributed by atoms with Crippen LogP contribution in [0.25, 0.3) is 0 Å². The highest BCUT2D eigenvalue weighted by Gasteiger charge is 2.62. The van der Waals surface area contributed by atoms with Crippen LogP contribution in [-0.2, 0) is 0 Å². The van der Waals surface area contributed by atoms with Gasteiger partial charge in [0.25, 0.3) is 0 Å². The lowest BCUT2D eigenvalue weighted by atomic mass is 9.42. The molecule has 0 aromatic rings. The molecule has 0 heterocycles. The predicted octanol–water partition coefficient (Wildman–Crippen LogP) is 7.86. The molecule has 0 saturated heterocycles. The molecule has 29 heavy (non-hydrogen) atoms. The SMILES string of the molecule is CCCCC[C@@H](C)[C@H]1CC[C@H]2[C@@H]3C[C@H](CC)C4C[C@H](O)CC[C@]4(C)[C@H]3CC[C@]12C. The highest BCUT2D eigenvalue weighted by Crippen LogP contribution is 2.69. The van der Waals surface area contributed by atoms with Gasteiger partial charge >= 0.3 is 0 Å². The quantitative estimate of drug-likeness (QED) is 0.448. The maximum atomic E-state index is 10.4. The van der Waals surface area contributed by atoms with Crippen molar-refractivity contribution in [1.29, 1.82) is 0 Å². The number of aliphatic hydroxyl groups excluding tert-OH is 1. The molecule has 0 amide bonds. The van der Waals surface area contributed by atoms with Crippen molar-refractivity contribution < 1.29 is 5.11 Å². The second kappa shape index (κ2) is 8.48. The van der Waals surface area contributed by atoms with E-state index in [-0.39, 0.29) is 6.10 Å². The summed E-state index contributed by atoms with van der Waals surface area (Å²) in [6.07, 6.45) is 17.9. The van der Waals surface area contributed by atoms with Gasteiger partial charge in [0.15, 0.2) is 0 Å². The molecule has 1 unspecified atom stereocenters. The van der Waals surface area contributed by atoms with Gasteiger partial charge in [-0.3, -0.25) is 0 Å². The second-order valence-corrected chi connectivity index (χ2v) is 12.5. The number of rotatable bonds is 6. The lowest BCUT2D eigenvalue weighted by Crippen LogP contribution is -2.56. The summed E-state index contributed by atoms with van der Waals surface area (Å²) < 4.78 is 0. The minimum Gasteiger partial charge on any atom is -0.393 e. The normalized spacial score (nSPS) is 50.5. The molecule has 1 N–H and O–H groups in total. The van der Waals surface area contributed by atoms with Gasteiger partial charge in [-0.25, -0.2) is 0 Å². The molecule has 1 heteroatoms. The van der Waals surface area contributed by atoms with Gasteiger partial charge < -0.3 is 5.11 Å². The Hall–Kier alpha value is -0.0400. The molecule has 0 spiro atoms. The summed E-state index contributed by atoms with van der Waals surface area (Å²) >= 11 is 0. The molecule has 4 fully saturated rings. The fourth-order valence-electron chi connectivity index (χ4n) is 9.83. The van der Waals surface area contributed by atoms with Crippen molar-refractivity contribution in [2.24, 2.45) is 52.3 Å². The summed E-state index contributed by atoms with van der Waals surface area (Å²) in [5, 5.41) is 10.4. The van der Waals surface area contributed by atoms with Crippen molar-refractivity contribution in [3.63, 3.8) is 0 Å². The highest BCUT2D eigenvalue weighted by atomic mass is 16.3. The van der Waals surface area contributed by atoms with Crippen LogP contribution < -0.4 is 0 Å². The van der Waals surface area contributed by atoms with Gasteiger partial charge in [-0.15, -0.1) is 0 Å². The van der Waals surface area contributed by atoms with Gasteiger partial charge in [0, 0.05) is 0 Å². The number of unbranched alkanes of at least 4 members (excludes halogenated alkanes) is 2. The van der Waals surface area contributed by atoms with Crippen LogP contribution >= 0.6 is 0 Å². The minimum absolute atomic E-state index is 0.0210. The molecular formula is C28H50O. The Bertz CT molecular complexity index is 557. The van der Waals surface area contributed by atoms with Crippen molar-refractivity contribution in [3.8, 4) is 0 Å². The van der Waals surface area contributed by atoms with Gasteiger partial charge in [0.1, 0.15) is 0 Å². The maximum absolute atomic E-state index is 10.4. The van der Waals surface area contributed by atoms with Crippen LogP contribution in [0.1, 0.15) is 118 Å². The molecule has 10 atom stereocenters. The third-order valence-corrected chi connectivity index (χ3v) is 11.4. The third kappa shape index (κ3) is 3.64. The Kier molecular flexibility index (Phi) is 6.48. The molecule has 4 aliphatic rings. The molecule has 0 radical (unpaired) electrons. The smallest absolute Gasteiger partial charge is 0.0543 e. The number of fused-ring (bicyclic) bond motifs is 5. The molecular weight excluding hydrogens is 352 g/mol. The van der Waals surface area contributed by atoms with Crippen LogP contribution in [0.15, 0.2) is 0 Å². The van der Waals surface area contributed by atoms with E-state index in [9.17, 15) is 5.11 Å². The molecule has 0 aliphatic heterocycles. The first kappa shape index (κ1) is 22.2. The van der Waals surface area contributed by atoms with E-state index < -0.39 is 0 Å². The van der Waals surface area contributed by atoms with Gasteiger partial charge in [-0.1, -0.05) is 66.7 Å². The topological polar surface area (TPSA) is 20.2 Å². The number of aliphatic hydroxyl groups is 1. The Labute approximate surface area is 181 Å². The summed E-state index contributed by atoms with van der Waals surface area (Å²) in [7, 11) is 0. The second-order valence-electron chi connectivity index (χ2n) is 12.5. The van der Waals surface area contributed by atoms with Gasteiger partial charge in [-0.2, -0.15) is 0 Å². The zero-order valence-electron chi connectivity index (χ0n) is 20.3. The molecule has 4 aliphatic carbocycles. The zero-order chi connectivity index (χ0) is 20.8. The first-order valence-electron chi connectivity index (χ1n) is 13.5. The van der Waals surface area contributed by atoms with Crippen molar-refractivity contribution in [2.75, 3.05) is 0 Å². The fourth-order valence-corrected chi connectivity index (χ4v) is 9.83. The van der Waals surface area contributed by atoms with Crippen LogP contribution in [0.4, 0.5) is 0 Å². The van der Waals surface area contributed by atoms with Crippen LogP contribution in [0, 0.1) is 52.3 Å². The van der Waals surface area contributed by atoms with Crippen molar-refractivity contribution >= 4 is 0 Å². The van der Waals surface area contributed by atoms with E-state index in [0.717, 1.165) is 54.3 Å². The minimum atomic E-state index is -0.0210. The summed E-state index contributed by atoms with van der Waals surface area (Å²) in [5.74, 6) is 6.44. The Morgan fingerprint density at radius 2 is 1.59 bits per heavy atom. The van der Waals surface area contributed by atoms with E-state index in [2.05, 4.69) is 34.6 Å². The molecule has 4 rings (SSSR count). The van der Waals surface area contributed by atoms with Crippen molar-refractivity contribution in [2.45, 2.75) is 124 Å². The molecule has 0 bridgehead atoms. The predicted molar refractivity (Wildman–Crippen MR) is 124 cm³/mol. The molecule has 0 aromatic carbocycles. The number of hydrogen-bond acceptors (Lipinski definition) is 1. The highest BCUT2D eigenvalue weighted by molar-refractivity contribution is 5.11.